The molecule has 2 aromatic rings. The van der Waals surface area contributed by atoms with Crippen molar-refractivity contribution in [1.82, 2.24) is 0 Å². The zero-order chi connectivity index (χ0) is 16.8. The lowest BCUT2D eigenvalue weighted by Gasteiger charge is -2.04. The van der Waals surface area contributed by atoms with E-state index in [0.717, 1.165) is 10.0 Å². The van der Waals surface area contributed by atoms with E-state index in [2.05, 4.69) is 15.9 Å². The van der Waals surface area contributed by atoms with Crippen molar-refractivity contribution in [2.24, 2.45) is 11.7 Å². The lowest BCUT2D eigenvalue weighted by molar-refractivity contribution is 0.593. The lowest BCUT2D eigenvalue weighted by atomic mass is 10.1. The van der Waals surface area contributed by atoms with Gasteiger partial charge in [-0.1, -0.05) is 51.9 Å². The molecule has 2 N–H and O–H groups in total. The molecule has 0 heterocycles. The molecule has 3 rings (SSSR count). The van der Waals surface area contributed by atoms with E-state index >= 15 is 0 Å². The Bertz CT molecular complexity index is 851. The molecule has 0 bridgehead atoms. The van der Waals surface area contributed by atoms with E-state index in [0.29, 0.717) is 5.02 Å². The first-order valence-electron chi connectivity index (χ1n) is 6.86. The summed E-state index contributed by atoms with van der Waals surface area (Å²) >= 11 is 14.3. The number of hydrogen-bond donors (Lipinski definition) is 1. The molecule has 0 unspecified atom stereocenters. The molecule has 0 aromatic heterocycles. The van der Waals surface area contributed by atoms with Crippen molar-refractivity contribution in [3.63, 3.8) is 0 Å². The Hall–Kier alpha value is -0.950. The number of halogens is 2. The molecule has 1 saturated carbocycles. The topological polar surface area (TPSA) is 60.2 Å². The van der Waals surface area contributed by atoms with Gasteiger partial charge in [-0.3, -0.25) is 0 Å². The Morgan fingerprint density at radius 2 is 1.65 bits per heavy atom. The monoisotopic (exact) mass is 429 g/mol. The Kier molecular flexibility index (Phi) is 4.53. The van der Waals surface area contributed by atoms with E-state index in [4.69, 9.17) is 29.6 Å². The maximum Gasteiger partial charge on any atom is 0.182 e. The van der Waals surface area contributed by atoms with Gasteiger partial charge in [0.05, 0.1) is 15.1 Å². The molecular weight excluding hydrogens is 418 g/mol. The molecule has 1 fully saturated rings. The number of hydrogen-bond acceptors (Lipinski definition) is 3. The summed E-state index contributed by atoms with van der Waals surface area (Å²) in [5.74, 6) is -0.548. The fourth-order valence-corrected chi connectivity index (χ4v) is 5.79. The van der Waals surface area contributed by atoms with E-state index in [1.54, 1.807) is 12.1 Å². The number of sulfone groups is 1. The van der Waals surface area contributed by atoms with Gasteiger partial charge in [0.15, 0.2) is 9.84 Å². The first kappa shape index (κ1) is 16.9. The zero-order valence-electron chi connectivity index (χ0n) is 11.8. The number of rotatable bonds is 4. The Morgan fingerprint density at radius 3 is 2.17 bits per heavy atom. The molecule has 0 spiro atoms. The molecule has 23 heavy (non-hydrogen) atoms. The second kappa shape index (κ2) is 6.16. The minimum atomic E-state index is -3.52. The highest BCUT2D eigenvalue weighted by Crippen LogP contribution is 2.54. The van der Waals surface area contributed by atoms with Gasteiger partial charge in [-0.05, 0) is 42.0 Å². The van der Waals surface area contributed by atoms with Crippen LogP contribution in [-0.4, -0.2) is 18.7 Å². The maximum atomic E-state index is 12.9. The fraction of sp³-hybridized carbons (Fsp3) is 0.188. The largest absolute Gasteiger partial charge is 0.393 e. The number of nitrogens with two attached hydrogens (primary N) is 1. The highest BCUT2D eigenvalue weighted by atomic mass is 79.9. The smallest absolute Gasteiger partial charge is 0.182 e. The summed E-state index contributed by atoms with van der Waals surface area (Å²) in [6, 6.07) is 13.8. The van der Waals surface area contributed by atoms with Gasteiger partial charge in [-0.2, -0.15) is 0 Å². The van der Waals surface area contributed by atoms with Crippen LogP contribution in [0.1, 0.15) is 11.5 Å². The summed E-state index contributed by atoms with van der Waals surface area (Å²) in [6.45, 7) is 0. The van der Waals surface area contributed by atoms with Crippen LogP contribution in [0.15, 0.2) is 57.9 Å². The fourth-order valence-electron chi connectivity index (χ4n) is 2.87. The third-order valence-electron chi connectivity index (χ3n) is 4.04. The van der Waals surface area contributed by atoms with Gasteiger partial charge in [0.2, 0.25) is 0 Å². The Labute approximate surface area is 153 Å². The van der Waals surface area contributed by atoms with Crippen LogP contribution in [0.25, 0.3) is 0 Å². The standard InChI is InChI=1S/C16H13BrClNO2S2/c17-10-3-1-9(2-4-10)13-14(16(19)22)15(13)23(20,21)12-7-5-11(18)6-8-12/h1-8,13-15H,(H2,19,22)/t13-,14+,15-/m0/s1. The van der Waals surface area contributed by atoms with E-state index < -0.39 is 15.1 Å². The minimum absolute atomic E-state index is 0.207. The predicted molar refractivity (Wildman–Crippen MR) is 99.6 cm³/mol. The van der Waals surface area contributed by atoms with Crippen molar-refractivity contribution in [2.45, 2.75) is 16.1 Å². The number of benzene rings is 2. The molecule has 1 aliphatic carbocycles. The second-order valence-electron chi connectivity index (χ2n) is 5.47. The normalized spacial score (nSPS) is 23.5. The molecule has 2 aromatic carbocycles. The zero-order valence-corrected chi connectivity index (χ0v) is 15.8. The van der Waals surface area contributed by atoms with E-state index in [-0.39, 0.29) is 21.7 Å². The summed E-state index contributed by atoms with van der Waals surface area (Å²) in [5.41, 5.74) is 6.71. The molecule has 3 atom stereocenters. The van der Waals surface area contributed by atoms with Crippen LogP contribution < -0.4 is 5.73 Å². The summed E-state index contributed by atoms with van der Waals surface area (Å²) in [7, 11) is -3.52. The van der Waals surface area contributed by atoms with Crippen LogP contribution in [0.4, 0.5) is 0 Å². The lowest BCUT2D eigenvalue weighted by Crippen LogP contribution is -2.17. The molecule has 0 amide bonds. The van der Waals surface area contributed by atoms with Crippen LogP contribution in [0.3, 0.4) is 0 Å². The molecule has 7 heteroatoms. The van der Waals surface area contributed by atoms with Crippen molar-refractivity contribution in [3.8, 4) is 0 Å². The molecule has 120 valence electrons. The first-order valence-corrected chi connectivity index (χ1v) is 9.99. The Balaban J connectivity index is 1.98. The highest BCUT2D eigenvalue weighted by molar-refractivity contribution is 9.10. The summed E-state index contributed by atoms with van der Waals surface area (Å²) < 4.78 is 26.7. The predicted octanol–water partition coefficient (Wildman–Crippen LogP) is 3.94. The van der Waals surface area contributed by atoms with Crippen LogP contribution in [0.5, 0.6) is 0 Å². The van der Waals surface area contributed by atoms with Crippen molar-refractivity contribution in [1.29, 1.82) is 0 Å². The van der Waals surface area contributed by atoms with Gasteiger partial charge >= 0.3 is 0 Å². The Morgan fingerprint density at radius 1 is 1.09 bits per heavy atom. The summed E-state index contributed by atoms with van der Waals surface area (Å²) in [5, 5.41) is -0.127. The van der Waals surface area contributed by atoms with E-state index in [1.165, 1.54) is 12.1 Å². The molecule has 0 saturated heterocycles. The second-order valence-corrected chi connectivity index (χ2v) is 9.40. The number of thiocarbonyl (C=S) groups is 1. The molecule has 0 radical (unpaired) electrons. The van der Waals surface area contributed by atoms with Crippen molar-refractivity contribution < 1.29 is 8.42 Å². The highest BCUT2D eigenvalue weighted by Gasteiger charge is 2.60. The van der Waals surface area contributed by atoms with Gasteiger partial charge in [0, 0.05) is 21.3 Å². The third-order valence-corrected chi connectivity index (χ3v) is 7.32. The SMILES string of the molecule is NC(=S)[C@@H]1[C@H](c2ccc(Br)cc2)[C@@H]1S(=O)(=O)c1ccc(Cl)cc1. The third kappa shape index (κ3) is 3.18. The minimum Gasteiger partial charge on any atom is -0.393 e. The molecule has 3 nitrogen and oxygen atoms in total. The maximum absolute atomic E-state index is 12.9. The molecule has 0 aliphatic heterocycles. The first-order chi connectivity index (χ1) is 10.8. The van der Waals surface area contributed by atoms with Gasteiger partial charge in [-0.15, -0.1) is 0 Å². The van der Waals surface area contributed by atoms with Crippen molar-refractivity contribution >= 4 is 54.6 Å². The van der Waals surface area contributed by atoms with Gasteiger partial charge in [0.1, 0.15) is 0 Å². The van der Waals surface area contributed by atoms with Crippen LogP contribution >= 0.6 is 39.7 Å². The van der Waals surface area contributed by atoms with Gasteiger partial charge in [-0.25, -0.2) is 8.42 Å². The van der Waals surface area contributed by atoms with Gasteiger partial charge < -0.3 is 5.73 Å². The summed E-state index contributed by atoms with van der Waals surface area (Å²) in [4.78, 5) is 0.480. The average molecular weight is 431 g/mol. The summed E-state index contributed by atoms with van der Waals surface area (Å²) in [6.07, 6.45) is 0. The van der Waals surface area contributed by atoms with Crippen LogP contribution in [-0.2, 0) is 9.84 Å². The quantitative estimate of drug-likeness (QED) is 0.746. The van der Waals surface area contributed by atoms with Crippen LogP contribution in [0.2, 0.25) is 5.02 Å². The van der Waals surface area contributed by atoms with Gasteiger partial charge in [0.25, 0.3) is 0 Å². The van der Waals surface area contributed by atoms with E-state index in [1.807, 2.05) is 24.3 Å². The average Bonchev–Trinajstić information content (AvgIpc) is 3.25. The van der Waals surface area contributed by atoms with Crippen LogP contribution in [0, 0.1) is 5.92 Å². The van der Waals surface area contributed by atoms with E-state index in [9.17, 15) is 8.42 Å². The molecular formula is C16H13BrClNO2S2. The molecule has 1 aliphatic rings. The van der Waals surface area contributed by atoms with Crippen molar-refractivity contribution in [3.05, 3.63) is 63.6 Å². The van der Waals surface area contributed by atoms with Crippen molar-refractivity contribution in [2.75, 3.05) is 0 Å².